The zero-order valence-corrected chi connectivity index (χ0v) is 11.0. The summed E-state index contributed by atoms with van der Waals surface area (Å²) in [5, 5.41) is 5.71. The van der Waals surface area contributed by atoms with Gasteiger partial charge in [-0.2, -0.15) is 0 Å². The van der Waals surface area contributed by atoms with Crippen molar-refractivity contribution in [2.45, 2.75) is 12.8 Å². The highest BCUT2D eigenvalue weighted by Gasteiger charge is 2.15. The van der Waals surface area contributed by atoms with Crippen molar-refractivity contribution in [1.82, 2.24) is 5.16 Å². The summed E-state index contributed by atoms with van der Waals surface area (Å²) in [6, 6.07) is 3.18. The number of carbonyl (C=O) groups is 1. The maximum absolute atomic E-state index is 13.4. The first-order valence-corrected chi connectivity index (χ1v) is 5.94. The molecule has 1 aromatic carbocycles. The van der Waals surface area contributed by atoms with Crippen molar-refractivity contribution >= 4 is 11.6 Å². The molecule has 8 heteroatoms. The summed E-state index contributed by atoms with van der Waals surface area (Å²) in [4.78, 5) is 11.6. The summed E-state index contributed by atoms with van der Waals surface area (Å²) < 4.78 is 48.8. The smallest absolute Gasteiger partial charge is 0.254 e. The van der Waals surface area contributed by atoms with Crippen LogP contribution >= 0.6 is 0 Å². The highest BCUT2D eigenvalue weighted by Crippen LogP contribution is 2.20. The van der Waals surface area contributed by atoms with Gasteiger partial charge in [0.25, 0.3) is 5.88 Å². The normalized spacial score (nSPS) is 10.5. The minimum atomic E-state index is -1.63. The van der Waals surface area contributed by atoms with Gasteiger partial charge in [-0.1, -0.05) is 0 Å². The molecule has 0 spiro atoms. The van der Waals surface area contributed by atoms with E-state index in [-0.39, 0.29) is 18.7 Å². The van der Waals surface area contributed by atoms with Gasteiger partial charge in [-0.15, -0.1) is 0 Å². The number of amides is 1. The van der Waals surface area contributed by atoms with E-state index in [9.17, 15) is 18.0 Å². The number of ether oxygens (including phenoxy) is 1. The van der Waals surface area contributed by atoms with Gasteiger partial charge in [0, 0.05) is 18.9 Å². The molecule has 0 saturated carbocycles. The first-order valence-electron chi connectivity index (χ1n) is 5.94. The number of anilines is 1. The van der Waals surface area contributed by atoms with Gasteiger partial charge in [0.15, 0.2) is 17.5 Å². The molecule has 0 saturated heterocycles. The van der Waals surface area contributed by atoms with Crippen molar-refractivity contribution in [1.29, 1.82) is 0 Å². The summed E-state index contributed by atoms with van der Waals surface area (Å²) >= 11 is 0. The SMILES string of the molecule is COc1cc(CCC(=O)Nc2ccc(F)c(F)c2F)on1. The van der Waals surface area contributed by atoms with Crippen LogP contribution in [0.15, 0.2) is 22.7 Å². The average Bonchev–Trinajstić information content (AvgIpc) is 2.94. The molecule has 0 bridgehead atoms. The van der Waals surface area contributed by atoms with Gasteiger partial charge in [0.2, 0.25) is 5.91 Å². The lowest BCUT2D eigenvalue weighted by atomic mass is 10.2. The highest BCUT2D eigenvalue weighted by atomic mass is 19.2. The molecule has 1 N–H and O–H groups in total. The Morgan fingerprint density at radius 2 is 2.10 bits per heavy atom. The van der Waals surface area contributed by atoms with Crippen LogP contribution in [0.5, 0.6) is 5.88 Å². The summed E-state index contributed by atoms with van der Waals surface area (Å²) in [5.41, 5.74) is -0.422. The molecule has 0 fully saturated rings. The van der Waals surface area contributed by atoms with Crippen LogP contribution in [0.2, 0.25) is 0 Å². The Labute approximate surface area is 117 Å². The van der Waals surface area contributed by atoms with Gasteiger partial charge in [-0.05, 0) is 17.3 Å². The Morgan fingerprint density at radius 3 is 2.76 bits per heavy atom. The third kappa shape index (κ3) is 3.53. The molecule has 0 aliphatic carbocycles. The van der Waals surface area contributed by atoms with Gasteiger partial charge in [-0.25, -0.2) is 13.2 Å². The quantitative estimate of drug-likeness (QED) is 0.862. The monoisotopic (exact) mass is 300 g/mol. The molecule has 1 heterocycles. The van der Waals surface area contributed by atoms with E-state index in [1.807, 2.05) is 0 Å². The van der Waals surface area contributed by atoms with E-state index in [4.69, 9.17) is 9.26 Å². The molecule has 112 valence electrons. The summed E-state index contributed by atoms with van der Waals surface area (Å²) in [7, 11) is 1.42. The molecule has 0 radical (unpaired) electrons. The highest BCUT2D eigenvalue weighted by molar-refractivity contribution is 5.90. The fourth-order valence-electron chi connectivity index (χ4n) is 1.58. The maximum Gasteiger partial charge on any atom is 0.254 e. The molecule has 1 amide bonds. The van der Waals surface area contributed by atoms with Crippen molar-refractivity contribution in [2.75, 3.05) is 12.4 Å². The number of aromatic nitrogens is 1. The Balaban J connectivity index is 1.94. The van der Waals surface area contributed by atoms with Gasteiger partial charge in [0.05, 0.1) is 12.8 Å². The van der Waals surface area contributed by atoms with Gasteiger partial charge in [0.1, 0.15) is 5.76 Å². The molecule has 0 aliphatic heterocycles. The molecule has 0 atom stereocenters. The number of benzene rings is 1. The van der Waals surface area contributed by atoms with E-state index in [1.165, 1.54) is 13.2 Å². The second kappa shape index (κ2) is 6.29. The van der Waals surface area contributed by atoms with Crippen LogP contribution in [0, 0.1) is 17.5 Å². The lowest BCUT2D eigenvalue weighted by molar-refractivity contribution is -0.116. The third-order valence-corrected chi connectivity index (χ3v) is 2.65. The van der Waals surface area contributed by atoms with E-state index in [1.54, 1.807) is 0 Å². The van der Waals surface area contributed by atoms with Gasteiger partial charge < -0.3 is 14.6 Å². The number of hydrogen-bond acceptors (Lipinski definition) is 4. The first kappa shape index (κ1) is 14.9. The molecular formula is C13H11F3N2O3. The van der Waals surface area contributed by atoms with Crippen LogP contribution in [0.1, 0.15) is 12.2 Å². The fraction of sp³-hybridized carbons (Fsp3) is 0.231. The van der Waals surface area contributed by atoms with Crippen molar-refractivity contribution in [3.63, 3.8) is 0 Å². The van der Waals surface area contributed by atoms with Crippen LogP contribution in [0.25, 0.3) is 0 Å². The maximum atomic E-state index is 13.4. The topological polar surface area (TPSA) is 64.4 Å². The standard InChI is InChI=1S/C13H11F3N2O3/c1-20-11-6-7(21-18-11)2-5-10(19)17-9-4-3-8(14)12(15)13(9)16/h3-4,6H,2,5H2,1H3,(H,17,19). The predicted octanol–water partition coefficient (Wildman–Crippen LogP) is 2.67. The number of hydrogen-bond donors (Lipinski definition) is 1. The predicted molar refractivity (Wildman–Crippen MR) is 66.3 cm³/mol. The Hall–Kier alpha value is -2.51. The Morgan fingerprint density at radius 1 is 1.33 bits per heavy atom. The van der Waals surface area contributed by atoms with Gasteiger partial charge in [-0.3, -0.25) is 4.79 Å². The second-order valence-electron chi connectivity index (χ2n) is 4.11. The van der Waals surface area contributed by atoms with Crippen molar-refractivity contribution < 1.29 is 27.2 Å². The third-order valence-electron chi connectivity index (χ3n) is 2.65. The Kier molecular flexibility index (Phi) is 4.46. The average molecular weight is 300 g/mol. The van der Waals surface area contributed by atoms with Crippen LogP contribution < -0.4 is 10.1 Å². The van der Waals surface area contributed by atoms with Gasteiger partial charge >= 0.3 is 0 Å². The number of halogens is 3. The largest absolute Gasteiger partial charge is 0.479 e. The van der Waals surface area contributed by atoms with Crippen LogP contribution in [-0.2, 0) is 11.2 Å². The lowest BCUT2D eigenvalue weighted by Gasteiger charge is -2.06. The molecule has 2 aromatic rings. The number of nitrogens with one attached hydrogen (secondary N) is 1. The van der Waals surface area contributed by atoms with Crippen molar-refractivity contribution in [3.8, 4) is 5.88 Å². The molecule has 2 rings (SSSR count). The number of aryl methyl sites for hydroxylation is 1. The summed E-state index contributed by atoms with van der Waals surface area (Å²) in [6.07, 6.45) is 0.157. The number of carbonyl (C=O) groups excluding carboxylic acids is 1. The van der Waals surface area contributed by atoms with Crippen LogP contribution in [0.4, 0.5) is 18.9 Å². The molecule has 21 heavy (non-hydrogen) atoms. The zero-order valence-electron chi connectivity index (χ0n) is 11.0. The van der Waals surface area contributed by atoms with E-state index >= 15 is 0 Å². The molecule has 1 aromatic heterocycles. The van der Waals surface area contributed by atoms with Crippen LogP contribution in [0.3, 0.4) is 0 Å². The van der Waals surface area contributed by atoms with Crippen LogP contribution in [-0.4, -0.2) is 18.2 Å². The fourth-order valence-corrected chi connectivity index (χ4v) is 1.58. The summed E-state index contributed by atoms with van der Waals surface area (Å²) in [5.74, 6) is -4.28. The number of rotatable bonds is 5. The van der Waals surface area contributed by atoms with Crippen molar-refractivity contribution in [2.24, 2.45) is 0 Å². The Bertz CT molecular complexity index is 658. The second-order valence-corrected chi connectivity index (χ2v) is 4.11. The first-order chi connectivity index (χ1) is 10.0. The van der Waals surface area contributed by atoms with E-state index < -0.39 is 29.0 Å². The van der Waals surface area contributed by atoms with Crippen molar-refractivity contribution in [3.05, 3.63) is 41.4 Å². The summed E-state index contributed by atoms with van der Waals surface area (Å²) in [6.45, 7) is 0. The molecule has 0 unspecified atom stereocenters. The molecule has 0 aliphatic rings. The number of methoxy groups -OCH3 is 1. The minimum Gasteiger partial charge on any atom is -0.479 e. The zero-order chi connectivity index (χ0) is 15.4. The van der Waals surface area contributed by atoms with E-state index in [0.29, 0.717) is 5.76 Å². The minimum absolute atomic E-state index is 0.0449. The lowest BCUT2D eigenvalue weighted by Crippen LogP contribution is -2.14. The number of nitrogens with zero attached hydrogens (tertiary/aromatic N) is 1. The van der Waals surface area contributed by atoms with E-state index in [2.05, 4.69) is 10.5 Å². The molecule has 5 nitrogen and oxygen atoms in total. The van der Waals surface area contributed by atoms with E-state index in [0.717, 1.165) is 12.1 Å². The molecular weight excluding hydrogens is 289 g/mol.